The van der Waals surface area contributed by atoms with Crippen LogP contribution in [0.25, 0.3) is 0 Å². The highest BCUT2D eigenvalue weighted by molar-refractivity contribution is 5.79. The fourth-order valence-electron chi connectivity index (χ4n) is 0.822. The average molecular weight is 217 g/mol. The Morgan fingerprint density at radius 2 is 2.00 bits per heavy atom. The van der Waals surface area contributed by atoms with E-state index in [0.717, 1.165) is 0 Å². The van der Waals surface area contributed by atoms with Crippen molar-refractivity contribution in [3.63, 3.8) is 0 Å². The highest BCUT2D eigenvalue weighted by Crippen LogP contribution is 2.06. The van der Waals surface area contributed by atoms with Gasteiger partial charge in [-0.25, -0.2) is 0 Å². The van der Waals surface area contributed by atoms with E-state index in [9.17, 15) is 4.79 Å². The van der Waals surface area contributed by atoms with Crippen LogP contribution >= 0.6 is 0 Å². The van der Waals surface area contributed by atoms with Gasteiger partial charge in [0, 0.05) is 6.61 Å². The molecule has 0 bridgehead atoms. The Kier molecular flexibility index (Phi) is 6.52. The Hall–Kier alpha value is -0.610. The van der Waals surface area contributed by atoms with Gasteiger partial charge in [0.1, 0.15) is 12.1 Å². The zero-order valence-electron chi connectivity index (χ0n) is 10.2. The summed E-state index contributed by atoms with van der Waals surface area (Å²) in [6.45, 7) is 9.06. The zero-order valence-corrected chi connectivity index (χ0v) is 10.2. The molecule has 0 radical (unpaired) electrons. The standard InChI is InChI=1S/C11H23NO3/c1-5-11(4,12)10(13)15-7-6-14-8-9(2)3/h9H,5-8,12H2,1-4H3. The number of esters is 1. The number of ether oxygens (including phenoxy) is 2. The molecule has 0 aliphatic carbocycles. The molecule has 0 saturated heterocycles. The molecule has 0 aromatic rings. The first-order valence-corrected chi connectivity index (χ1v) is 5.44. The molecule has 90 valence electrons. The Bertz CT molecular complexity index is 190. The molecule has 0 aromatic heterocycles. The Morgan fingerprint density at radius 1 is 1.40 bits per heavy atom. The van der Waals surface area contributed by atoms with Gasteiger partial charge in [-0.1, -0.05) is 20.8 Å². The lowest BCUT2D eigenvalue weighted by Gasteiger charge is -2.20. The first kappa shape index (κ1) is 14.4. The van der Waals surface area contributed by atoms with Gasteiger partial charge in [-0.3, -0.25) is 4.79 Å². The van der Waals surface area contributed by atoms with Gasteiger partial charge in [0.25, 0.3) is 0 Å². The minimum Gasteiger partial charge on any atom is -0.462 e. The molecule has 0 heterocycles. The quantitative estimate of drug-likeness (QED) is 0.516. The summed E-state index contributed by atoms with van der Waals surface area (Å²) >= 11 is 0. The molecule has 0 aromatic carbocycles. The number of nitrogens with two attached hydrogens (primary N) is 1. The fraction of sp³-hybridized carbons (Fsp3) is 0.909. The first-order chi connectivity index (χ1) is 6.90. The van der Waals surface area contributed by atoms with Crippen LogP contribution in [0.2, 0.25) is 0 Å². The SMILES string of the molecule is CCC(C)(N)C(=O)OCCOCC(C)C. The predicted octanol–water partition coefficient (Wildman–Crippen LogP) is 1.33. The molecule has 0 aliphatic rings. The van der Waals surface area contributed by atoms with Crippen molar-refractivity contribution in [2.45, 2.75) is 39.7 Å². The van der Waals surface area contributed by atoms with E-state index in [1.165, 1.54) is 0 Å². The van der Waals surface area contributed by atoms with E-state index in [1.54, 1.807) is 6.92 Å². The molecule has 0 aliphatic heterocycles. The molecule has 0 amide bonds. The van der Waals surface area contributed by atoms with Gasteiger partial charge in [0.2, 0.25) is 0 Å². The maximum Gasteiger partial charge on any atom is 0.325 e. The largest absolute Gasteiger partial charge is 0.462 e. The molecular weight excluding hydrogens is 194 g/mol. The number of carbonyl (C=O) groups is 1. The minimum absolute atomic E-state index is 0.276. The van der Waals surface area contributed by atoms with E-state index in [-0.39, 0.29) is 12.6 Å². The third-order valence-corrected chi connectivity index (χ3v) is 2.11. The van der Waals surface area contributed by atoms with Gasteiger partial charge < -0.3 is 15.2 Å². The Balaban J connectivity index is 3.56. The van der Waals surface area contributed by atoms with Crippen molar-refractivity contribution in [3.8, 4) is 0 Å². The molecular formula is C11H23NO3. The Morgan fingerprint density at radius 3 is 2.47 bits per heavy atom. The van der Waals surface area contributed by atoms with Crippen LogP contribution in [0.3, 0.4) is 0 Å². The fourth-order valence-corrected chi connectivity index (χ4v) is 0.822. The van der Waals surface area contributed by atoms with Crippen LogP contribution in [-0.4, -0.2) is 31.3 Å². The summed E-state index contributed by atoms with van der Waals surface area (Å²) < 4.78 is 10.3. The van der Waals surface area contributed by atoms with Crippen LogP contribution in [0.15, 0.2) is 0 Å². The second kappa shape index (κ2) is 6.80. The minimum atomic E-state index is -0.877. The summed E-state index contributed by atoms with van der Waals surface area (Å²) in [6.07, 6.45) is 0.568. The second-order valence-electron chi connectivity index (χ2n) is 4.38. The van der Waals surface area contributed by atoms with Crippen molar-refractivity contribution in [3.05, 3.63) is 0 Å². The third-order valence-electron chi connectivity index (χ3n) is 2.11. The van der Waals surface area contributed by atoms with E-state index in [0.29, 0.717) is 25.6 Å². The number of hydrogen-bond acceptors (Lipinski definition) is 4. The highest BCUT2D eigenvalue weighted by atomic mass is 16.6. The summed E-state index contributed by atoms with van der Waals surface area (Å²) in [7, 11) is 0. The van der Waals surface area contributed by atoms with Crippen LogP contribution in [-0.2, 0) is 14.3 Å². The zero-order chi connectivity index (χ0) is 11.9. The average Bonchev–Trinajstić information content (AvgIpc) is 2.16. The van der Waals surface area contributed by atoms with Gasteiger partial charge in [0.05, 0.1) is 6.61 Å². The summed E-state index contributed by atoms with van der Waals surface area (Å²) in [5.41, 5.74) is 4.83. The topological polar surface area (TPSA) is 61.6 Å². The molecule has 4 heteroatoms. The van der Waals surface area contributed by atoms with E-state index >= 15 is 0 Å². The van der Waals surface area contributed by atoms with Crippen LogP contribution in [0.1, 0.15) is 34.1 Å². The van der Waals surface area contributed by atoms with Crippen LogP contribution < -0.4 is 5.73 Å². The highest BCUT2D eigenvalue weighted by Gasteiger charge is 2.27. The van der Waals surface area contributed by atoms with Crippen LogP contribution in [0.5, 0.6) is 0 Å². The molecule has 0 spiro atoms. The Labute approximate surface area is 92.1 Å². The summed E-state index contributed by atoms with van der Waals surface area (Å²) in [4.78, 5) is 11.4. The molecule has 0 saturated carbocycles. The van der Waals surface area contributed by atoms with Gasteiger partial charge in [-0.05, 0) is 19.3 Å². The number of carbonyl (C=O) groups excluding carboxylic acids is 1. The van der Waals surface area contributed by atoms with Crippen molar-refractivity contribution < 1.29 is 14.3 Å². The van der Waals surface area contributed by atoms with Gasteiger partial charge in [-0.15, -0.1) is 0 Å². The monoisotopic (exact) mass is 217 g/mol. The van der Waals surface area contributed by atoms with Gasteiger partial charge >= 0.3 is 5.97 Å². The molecule has 0 fully saturated rings. The first-order valence-electron chi connectivity index (χ1n) is 5.44. The van der Waals surface area contributed by atoms with Crippen LogP contribution in [0, 0.1) is 5.92 Å². The number of hydrogen-bond donors (Lipinski definition) is 1. The lowest BCUT2D eigenvalue weighted by Crippen LogP contribution is -2.45. The van der Waals surface area contributed by atoms with Crippen molar-refractivity contribution in [2.24, 2.45) is 11.7 Å². The lowest BCUT2D eigenvalue weighted by molar-refractivity contribution is -0.151. The third kappa shape index (κ3) is 6.47. The molecule has 15 heavy (non-hydrogen) atoms. The summed E-state index contributed by atoms with van der Waals surface area (Å²) in [5, 5.41) is 0. The van der Waals surface area contributed by atoms with Crippen molar-refractivity contribution >= 4 is 5.97 Å². The predicted molar refractivity (Wildman–Crippen MR) is 59.5 cm³/mol. The van der Waals surface area contributed by atoms with E-state index in [4.69, 9.17) is 15.2 Å². The molecule has 4 nitrogen and oxygen atoms in total. The number of rotatable bonds is 7. The maximum atomic E-state index is 11.4. The molecule has 1 unspecified atom stereocenters. The normalized spacial score (nSPS) is 15.1. The molecule has 2 N–H and O–H groups in total. The van der Waals surface area contributed by atoms with Crippen molar-refractivity contribution in [1.29, 1.82) is 0 Å². The van der Waals surface area contributed by atoms with Gasteiger partial charge in [-0.2, -0.15) is 0 Å². The van der Waals surface area contributed by atoms with E-state index in [1.807, 2.05) is 6.92 Å². The maximum absolute atomic E-state index is 11.4. The summed E-state index contributed by atoms with van der Waals surface area (Å²) in [5.74, 6) is 0.134. The lowest BCUT2D eigenvalue weighted by atomic mass is 10.0. The molecule has 1 atom stereocenters. The van der Waals surface area contributed by atoms with E-state index in [2.05, 4.69) is 13.8 Å². The van der Waals surface area contributed by atoms with Crippen molar-refractivity contribution in [2.75, 3.05) is 19.8 Å². The van der Waals surface area contributed by atoms with Gasteiger partial charge in [0.15, 0.2) is 0 Å². The smallest absolute Gasteiger partial charge is 0.325 e. The summed E-state index contributed by atoms with van der Waals surface area (Å²) in [6, 6.07) is 0. The van der Waals surface area contributed by atoms with Crippen molar-refractivity contribution in [1.82, 2.24) is 0 Å². The second-order valence-corrected chi connectivity index (χ2v) is 4.38. The van der Waals surface area contributed by atoms with Crippen LogP contribution in [0.4, 0.5) is 0 Å². The molecule has 0 rings (SSSR count). The van der Waals surface area contributed by atoms with E-state index < -0.39 is 5.54 Å².